The molecule has 3 heteroatoms. The molecular formula is C12H15NO2. The SMILES string of the molecule is CCOC(=O)C=Cc1ccc(C)cc1N. The van der Waals surface area contributed by atoms with Crippen molar-refractivity contribution in [3.8, 4) is 0 Å². The summed E-state index contributed by atoms with van der Waals surface area (Å²) in [7, 11) is 0. The van der Waals surface area contributed by atoms with Crippen molar-refractivity contribution in [1.29, 1.82) is 0 Å². The van der Waals surface area contributed by atoms with Gasteiger partial charge in [-0.2, -0.15) is 0 Å². The Balaban J connectivity index is 2.76. The predicted molar refractivity (Wildman–Crippen MR) is 61.3 cm³/mol. The lowest BCUT2D eigenvalue weighted by Crippen LogP contribution is -1.99. The minimum atomic E-state index is -0.350. The van der Waals surface area contributed by atoms with Gasteiger partial charge in [0.05, 0.1) is 6.61 Å². The Morgan fingerprint density at radius 3 is 2.87 bits per heavy atom. The van der Waals surface area contributed by atoms with E-state index < -0.39 is 0 Å². The van der Waals surface area contributed by atoms with Gasteiger partial charge in [-0.3, -0.25) is 0 Å². The van der Waals surface area contributed by atoms with Crippen LogP contribution in [0.4, 0.5) is 5.69 Å². The average Bonchev–Trinajstić information content (AvgIpc) is 2.17. The zero-order valence-corrected chi connectivity index (χ0v) is 8.99. The molecule has 0 heterocycles. The minimum absolute atomic E-state index is 0.350. The predicted octanol–water partition coefficient (Wildman–Crippen LogP) is 2.15. The van der Waals surface area contributed by atoms with Crippen LogP contribution in [0, 0.1) is 6.92 Å². The largest absolute Gasteiger partial charge is 0.463 e. The van der Waals surface area contributed by atoms with Gasteiger partial charge in [-0.1, -0.05) is 12.1 Å². The van der Waals surface area contributed by atoms with Crippen LogP contribution in [0.3, 0.4) is 0 Å². The van der Waals surface area contributed by atoms with Crippen LogP contribution in [0.5, 0.6) is 0 Å². The molecule has 0 aliphatic rings. The summed E-state index contributed by atoms with van der Waals surface area (Å²) < 4.78 is 4.76. The number of hydrogen-bond donors (Lipinski definition) is 1. The van der Waals surface area contributed by atoms with Gasteiger partial charge in [0, 0.05) is 11.8 Å². The summed E-state index contributed by atoms with van der Waals surface area (Å²) in [5.41, 5.74) is 8.37. The number of nitrogens with two attached hydrogens (primary N) is 1. The molecule has 0 spiro atoms. The summed E-state index contributed by atoms with van der Waals surface area (Å²) in [4.78, 5) is 11.0. The Hall–Kier alpha value is -1.77. The van der Waals surface area contributed by atoms with Gasteiger partial charge in [0.2, 0.25) is 0 Å². The fraction of sp³-hybridized carbons (Fsp3) is 0.250. The molecule has 0 saturated heterocycles. The first-order chi connectivity index (χ1) is 7.13. The fourth-order valence-corrected chi connectivity index (χ4v) is 1.19. The average molecular weight is 205 g/mol. The Bertz CT molecular complexity index is 383. The lowest BCUT2D eigenvalue weighted by atomic mass is 10.1. The molecule has 3 nitrogen and oxygen atoms in total. The molecule has 2 N–H and O–H groups in total. The van der Waals surface area contributed by atoms with E-state index >= 15 is 0 Å². The van der Waals surface area contributed by atoms with Crippen molar-refractivity contribution in [3.63, 3.8) is 0 Å². The van der Waals surface area contributed by atoms with E-state index in [1.165, 1.54) is 6.08 Å². The van der Waals surface area contributed by atoms with Crippen LogP contribution < -0.4 is 5.73 Å². The zero-order valence-electron chi connectivity index (χ0n) is 8.99. The first-order valence-electron chi connectivity index (χ1n) is 4.84. The molecule has 0 fully saturated rings. The molecule has 0 aromatic heterocycles. The van der Waals surface area contributed by atoms with Gasteiger partial charge < -0.3 is 10.5 Å². The van der Waals surface area contributed by atoms with Crippen molar-refractivity contribution in [2.24, 2.45) is 0 Å². The van der Waals surface area contributed by atoms with E-state index in [4.69, 9.17) is 10.5 Å². The third-order valence-electron chi connectivity index (χ3n) is 1.93. The van der Waals surface area contributed by atoms with Gasteiger partial charge in [-0.15, -0.1) is 0 Å². The molecule has 0 aliphatic carbocycles. The molecule has 80 valence electrons. The maximum atomic E-state index is 11.0. The summed E-state index contributed by atoms with van der Waals surface area (Å²) >= 11 is 0. The van der Waals surface area contributed by atoms with Gasteiger partial charge in [-0.25, -0.2) is 4.79 Å². The summed E-state index contributed by atoms with van der Waals surface area (Å²) in [5.74, 6) is -0.350. The molecule has 0 amide bonds. The number of carbonyl (C=O) groups is 1. The Morgan fingerprint density at radius 2 is 2.27 bits per heavy atom. The molecule has 1 rings (SSSR count). The van der Waals surface area contributed by atoms with E-state index in [9.17, 15) is 4.79 Å². The minimum Gasteiger partial charge on any atom is -0.463 e. The van der Waals surface area contributed by atoms with Gasteiger partial charge in [0.15, 0.2) is 0 Å². The molecular weight excluding hydrogens is 190 g/mol. The van der Waals surface area contributed by atoms with E-state index in [2.05, 4.69) is 0 Å². The standard InChI is InChI=1S/C12H15NO2/c1-3-15-12(14)7-6-10-5-4-9(2)8-11(10)13/h4-8H,3,13H2,1-2H3. The number of ether oxygens (including phenoxy) is 1. The van der Waals surface area contributed by atoms with Crippen molar-refractivity contribution in [2.45, 2.75) is 13.8 Å². The van der Waals surface area contributed by atoms with Crippen molar-refractivity contribution in [2.75, 3.05) is 12.3 Å². The van der Waals surface area contributed by atoms with Crippen LogP contribution in [-0.4, -0.2) is 12.6 Å². The number of anilines is 1. The van der Waals surface area contributed by atoms with Crippen molar-refractivity contribution >= 4 is 17.7 Å². The Morgan fingerprint density at radius 1 is 1.53 bits per heavy atom. The number of carbonyl (C=O) groups excluding carboxylic acids is 1. The summed E-state index contributed by atoms with van der Waals surface area (Å²) in [5, 5.41) is 0. The molecule has 1 aromatic carbocycles. The number of benzene rings is 1. The van der Waals surface area contributed by atoms with E-state index in [0.717, 1.165) is 11.1 Å². The van der Waals surface area contributed by atoms with E-state index in [1.807, 2.05) is 25.1 Å². The quantitative estimate of drug-likeness (QED) is 0.467. The van der Waals surface area contributed by atoms with Crippen LogP contribution in [0.25, 0.3) is 6.08 Å². The maximum Gasteiger partial charge on any atom is 0.330 e. The number of aryl methyl sites for hydroxylation is 1. The molecule has 0 bridgehead atoms. The number of hydrogen-bond acceptors (Lipinski definition) is 3. The van der Waals surface area contributed by atoms with Crippen molar-refractivity contribution < 1.29 is 9.53 Å². The second-order valence-corrected chi connectivity index (χ2v) is 3.22. The van der Waals surface area contributed by atoms with Crippen LogP contribution in [0.1, 0.15) is 18.1 Å². The first kappa shape index (κ1) is 11.3. The van der Waals surface area contributed by atoms with Crippen LogP contribution in [-0.2, 0) is 9.53 Å². The monoisotopic (exact) mass is 205 g/mol. The van der Waals surface area contributed by atoms with E-state index in [1.54, 1.807) is 13.0 Å². The highest BCUT2D eigenvalue weighted by atomic mass is 16.5. The zero-order chi connectivity index (χ0) is 11.3. The fourth-order valence-electron chi connectivity index (χ4n) is 1.19. The molecule has 0 aliphatic heterocycles. The molecule has 0 atom stereocenters. The molecule has 1 aromatic rings. The van der Waals surface area contributed by atoms with Crippen LogP contribution in [0.2, 0.25) is 0 Å². The summed E-state index contributed by atoms with van der Waals surface area (Å²) in [6.07, 6.45) is 3.04. The topological polar surface area (TPSA) is 52.3 Å². The normalized spacial score (nSPS) is 10.5. The van der Waals surface area contributed by atoms with E-state index in [-0.39, 0.29) is 5.97 Å². The first-order valence-corrected chi connectivity index (χ1v) is 4.84. The molecule has 15 heavy (non-hydrogen) atoms. The van der Waals surface area contributed by atoms with E-state index in [0.29, 0.717) is 12.3 Å². The third-order valence-corrected chi connectivity index (χ3v) is 1.93. The molecule has 0 unspecified atom stereocenters. The number of esters is 1. The lowest BCUT2D eigenvalue weighted by molar-refractivity contribution is -0.137. The van der Waals surface area contributed by atoms with Gasteiger partial charge in [0.1, 0.15) is 0 Å². The van der Waals surface area contributed by atoms with Crippen LogP contribution >= 0.6 is 0 Å². The smallest absolute Gasteiger partial charge is 0.330 e. The maximum absolute atomic E-state index is 11.0. The Kier molecular flexibility index (Phi) is 3.92. The number of nitrogen functional groups attached to an aromatic ring is 1. The Labute approximate surface area is 89.5 Å². The molecule has 0 radical (unpaired) electrons. The summed E-state index contributed by atoms with van der Waals surface area (Å²) in [6, 6.07) is 5.69. The van der Waals surface area contributed by atoms with Crippen molar-refractivity contribution in [1.82, 2.24) is 0 Å². The van der Waals surface area contributed by atoms with Gasteiger partial charge in [0.25, 0.3) is 0 Å². The highest BCUT2D eigenvalue weighted by molar-refractivity contribution is 5.88. The number of rotatable bonds is 3. The second-order valence-electron chi connectivity index (χ2n) is 3.22. The summed E-state index contributed by atoms with van der Waals surface area (Å²) in [6.45, 7) is 4.12. The highest BCUT2D eigenvalue weighted by Gasteiger charge is 1.97. The second kappa shape index (κ2) is 5.20. The highest BCUT2D eigenvalue weighted by Crippen LogP contribution is 2.15. The van der Waals surface area contributed by atoms with Gasteiger partial charge >= 0.3 is 5.97 Å². The van der Waals surface area contributed by atoms with Crippen molar-refractivity contribution in [3.05, 3.63) is 35.4 Å². The molecule has 0 saturated carbocycles. The third kappa shape index (κ3) is 3.46. The lowest BCUT2D eigenvalue weighted by Gasteiger charge is -2.01. The van der Waals surface area contributed by atoms with Crippen LogP contribution in [0.15, 0.2) is 24.3 Å². The van der Waals surface area contributed by atoms with Gasteiger partial charge in [-0.05, 0) is 37.1 Å².